The van der Waals surface area contributed by atoms with Crippen molar-refractivity contribution >= 4 is 11.6 Å². The second kappa shape index (κ2) is 6.05. The first-order valence-corrected chi connectivity index (χ1v) is 8.30. The van der Waals surface area contributed by atoms with Gasteiger partial charge in [0.1, 0.15) is 0 Å². The van der Waals surface area contributed by atoms with Crippen molar-refractivity contribution in [1.82, 2.24) is 10.2 Å². The molecular weight excluding hydrogens is 268 g/mol. The zero-order chi connectivity index (χ0) is 14.1. The molecule has 0 unspecified atom stereocenters. The summed E-state index contributed by atoms with van der Waals surface area (Å²) in [5.74, 6) is 0.828. The Morgan fingerprint density at radius 1 is 1.15 bits per heavy atom. The zero-order valence-corrected chi connectivity index (χ0v) is 13.2. The Hall–Kier alpha value is -0.570. The van der Waals surface area contributed by atoms with Gasteiger partial charge in [0.05, 0.1) is 6.17 Å². The van der Waals surface area contributed by atoms with E-state index in [1.54, 1.807) is 0 Å². The van der Waals surface area contributed by atoms with Crippen molar-refractivity contribution < 1.29 is 0 Å². The third-order valence-corrected chi connectivity index (χ3v) is 5.16. The molecule has 2 nitrogen and oxygen atoms in total. The summed E-state index contributed by atoms with van der Waals surface area (Å²) in [4.78, 5) is 2.61. The molecule has 2 fully saturated rings. The Morgan fingerprint density at radius 2 is 1.85 bits per heavy atom. The molecule has 1 aliphatic heterocycles. The Kier molecular flexibility index (Phi) is 4.34. The highest BCUT2D eigenvalue weighted by atomic mass is 35.5. The first kappa shape index (κ1) is 14.4. The summed E-state index contributed by atoms with van der Waals surface area (Å²) in [6.45, 7) is 5.82. The standard InChI is InChI=1S/C17H25ClN2/c1-12(2)20-11-14-5-3-4-6-16(14)19-17(20)13-7-9-15(18)10-8-13/h7-10,12,14,16-17,19H,3-6,11H2,1-2H3/t14-,16+,17+/m0/s1. The SMILES string of the molecule is CC(C)N1C[C@@H]2CCCC[C@H]2N[C@H]1c1ccc(Cl)cc1. The van der Waals surface area contributed by atoms with Gasteiger partial charge < -0.3 is 0 Å². The second-order valence-corrected chi connectivity index (χ2v) is 7.00. The Labute approximate surface area is 127 Å². The predicted molar refractivity (Wildman–Crippen MR) is 84.9 cm³/mol. The molecular formula is C17H25ClN2. The monoisotopic (exact) mass is 292 g/mol. The molecule has 0 spiro atoms. The highest BCUT2D eigenvalue weighted by Gasteiger charge is 2.37. The minimum atomic E-state index is 0.339. The summed E-state index contributed by atoms with van der Waals surface area (Å²) >= 11 is 6.03. The molecule has 20 heavy (non-hydrogen) atoms. The number of nitrogens with one attached hydrogen (secondary N) is 1. The molecule has 1 saturated carbocycles. The molecule has 1 saturated heterocycles. The van der Waals surface area contributed by atoms with Gasteiger partial charge in [-0.3, -0.25) is 10.2 Å². The van der Waals surface area contributed by atoms with E-state index in [4.69, 9.17) is 11.6 Å². The molecule has 0 bridgehead atoms. The summed E-state index contributed by atoms with van der Waals surface area (Å²) in [5.41, 5.74) is 1.34. The van der Waals surface area contributed by atoms with E-state index in [1.165, 1.54) is 37.8 Å². The average molecular weight is 293 g/mol. The highest BCUT2D eigenvalue weighted by molar-refractivity contribution is 6.30. The van der Waals surface area contributed by atoms with Gasteiger partial charge in [-0.25, -0.2) is 0 Å². The zero-order valence-electron chi connectivity index (χ0n) is 12.5. The van der Waals surface area contributed by atoms with Crippen LogP contribution in [-0.4, -0.2) is 23.5 Å². The average Bonchev–Trinajstić information content (AvgIpc) is 2.46. The quantitative estimate of drug-likeness (QED) is 0.878. The Morgan fingerprint density at radius 3 is 2.55 bits per heavy atom. The lowest BCUT2D eigenvalue weighted by Crippen LogP contribution is -2.57. The van der Waals surface area contributed by atoms with Crippen molar-refractivity contribution in [3.05, 3.63) is 34.9 Å². The Bertz CT molecular complexity index is 443. The van der Waals surface area contributed by atoms with Crippen molar-refractivity contribution in [3.63, 3.8) is 0 Å². The number of hydrogen-bond donors (Lipinski definition) is 1. The van der Waals surface area contributed by atoms with Crippen molar-refractivity contribution in [2.75, 3.05) is 6.54 Å². The number of fused-ring (bicyclic) bond motifs is 1. The molecule has 3 atom stereocenters. The molecule has 0 aromatic heterocycles. The van der Waals surface area contributed by atoms with Crippen LogP contribution < -0.4 is 5.32 Å². The van der Waals surface area contributed by atoms with E-state index >= 15 is 0 Å². The molecule has 1 heterocycles. The van der Waals surface area contributed by atoms with E-state index < -0.39 is 0 Å². The van der Waals surface area contributed by atoms with Crippen LogP contribution in [0.5, 0.6) is 0 Å². The van der Waals surface area contributed by atoms with Crippen molar-refractivity contribution in [2.45, 2.75) is 57.8 Å². The third kappa shape index (κ3) is 2.88. The van der Waals surface area contributed by atoms with Crippen LogP contribution in [0.1, 0.15) is 51.3 Å². The third-order valence-electron chi connectivity index (χ3n) is 4.91. The minimum absolute atomic E-state index is 0.339. The molecule has 3 rings (SSSR count). The molecule has 1 aliphatic carbocycles. The van der Waals surface area contributed by atoms with Crippen LogP contribution in [0.3, 0.4) is 0 Å². The van der Waals surface area contributed by atoms with Gasteiger partial charge in [-0.1, -0.05) is 36.6 Å². The first-order chi connectivity index (χ1) is 9.65. The van der Waals surface area contributed by atoms with Crippen molar-refractivity contribution in [3.8, 4) is 0 Å². The van der Waals surface area contributed by atoms with Gasteiger partial charge in [0.15, 0.2) is 0 Å². The predicted octanol–water partition coefficient (Wildman–Crippen LogP) is 4.21. The van der Waals surface area contributed by atoms with E-state index in [1.807, 2.05) is 12.1 Å². The van der Waals surface area contributed by atoms with E-state index in [0.717, 1.165) is 10.9 Å². The van der Waals surface area contributed by atoms with E-state index in [0.29, 0.717) is 18.2 Å². The van der Waals surface area contributed by atoms with Crippen LogP contribution in [-0.2, 0) is 0 Å². The molecule has 1 N–H and O–H groups in total. The lowest BCUT2D eigenvalue weighted by atomic mass is 9.81. The van der Waals surface area contributed by atoms with Gasteiger partial charge in [0.2, 0.25) is 0 Å². The fourth-order valence-electron chi connectivity index (χ4n) is 3.76. The molecule has 3 heteroatoms. The fraction of sp³-hybridized carbons (Fsp3) is 0.647. The second-order valence-electron chi connectivity index (χ2n) is 6.56. The number of nitrogens with zero attached hydrogens (tertiary/aromatic N) is 1. The van der Waals surface area contributed by atoms with Crippen LogP contribution in [0.4, 0.5) is 0 Å². The van der Waals surface area contributed by atoms with E-state index in [2.05, 4.69) is 36.2 Å². The normalized spacial score (nSPS) is 31.3. The lowest BCUT2D eigenvalue weighted by Gasteiger charge is -2.49. The number of hydrogen-bond acceptors (Lipinski definition) is 2. The lowest BCUT2D eigenvalue weighted by molar-refractivity contribution is 0.0184. The van der Waals surface area contributed by atoms with Gasteiger partial charge in [-0.15, -0.1) is 0 Å². The summed E-state index contributed by atoms with van der Waals surface area (Å²) < 4.78 is 0. The summed E-state index contributed by atoms with van der Waals surface area (Å²) in [6, 6.07) is 9.59. The topological polar surface area (TPSA) is 15.3 Å². The maximum absolute atomic E-state index is 6.03. The molecule has 0 amide bonds. The minimum Gasteiger partial charge on any atom is -0.295 e. The van der Waals surface area contributed by atoms with Crippen LogP contribution in [0.25, 0.3) is 0 Å². The van der Waals surface area contributed by atoms with Crippen molar-refractivity contribution in [1.29, 1.82) is 0 Å². The van der Waals surface area contributed by atoms with E-state index in [9.17, 15) is 0 Å². The Balaban J connectivity index is 1.84. The first-order valence-electron chi connectivity index (χ1n) is 7.92. The van der Waals surface area contributed by atoms with Crippen LogP contribution in [0.15, 0.2) is 24.3 Å². The molecule has 0 radical (unpaired) electrons. The van der Waals surface area contributed by atoms with Crippen molar-refractivity contribution in [2.24, 2.45) is 5.92 Å². The van der Waals surface area contributed by atoms with Gasteiger partial charge in [-0.2, -0.15) is 0 Å². The smallest absolute Gasteiger partial charge is 0.0865 e. The van der Waals surface area contributed by atoms with E-state index in [-0.39, 0.29) is 0 Å². The largest absolute Gasteiger partial charge is 0.295 e. The molecule has 1 aromatic rings. The maximum Gasteiger partial charge on any atom is 0.0865 e. The van der Waals surface area contributed by atoms with Gasteiger partial charge >= 0.3 is 0 Å². The van der Waals surface area contributed by atoms with Gasteiger partial charge in [0, 0.05) is 23.7 Å². The summed E-state index contributed by atoms with van der Waals surface area (Å²) in [7, 11) is 0. The highest BCUT2D eigenvalue weighted by Crippen LogP contribution is 2.35. The number of halogens is 1. The van der Waals surface area contributed by atoms with Gasteiger partial charge in [-0.05, 0) is 50.3 Å². The summed E-state index contributed by atoms with van der Waals surface area (Å²) in [6.07, 6.45) is 5.84. The summed E-state index contributed by atoms with van der Waals surface area (Å²) in [5, 5.41) is 4.72. The fourth-order valence-corrected chi connectivity index (χ4v) is 3.89. The van der Waals surface area contributed by atoms with Crippen LogP contribution in [0.2, 0.25) is 5.02 Å². The molecule has 1 aromatic carbocycles. The van der Waals surface area contributed by atoms with Crippen LogP contribution in [0, 0.1) is 5.92 Å². The van der Waals surface area contributed by atoms with Crippen LogP contribution >= 0.6 is 11.6 Å². The molecule has 2 aliphatic rings. The maximum atomic E-state index is 6.03. The number of benzene rings is 1. The number of rotatable bonds is 2. The van der Waals surface area contributed by atoms with Gasteiger partial charge in [0.25, 0.3) is 0 Å². The molecule has 110 valence electrons.